The van der Waals surface area contributed by atoms with Gasteiger partial charge >= 0.3 is 0 Å². The van der Waals surface area contributed by atoms with Crippen molar-refractivity contribution in [2.75, 3.05) is 0 Å². The zero-order chi connectivity index (χ0) is 15.6. The van der Waals surface area contributed by atoms with Crippen molar-refractivity contribution in [2.45, 2.75) is 18.3 Å². The molecule has 1 nitrogen and oxygen atoms in total. The number of carbonyl (C=O) groups excluding carboxylic acids is 1. The SMILES string of the molecule is O=C(c1ccccc1)C1c2ccccc2CC1c1ccccc1. The molecular formula is C22H18O. The van der Waals surface area contributed by atoms with Gasteiger partial charge in [0.2, 0.25) is 0 Å². The van der Waals surface area contributed by atoms with Gasteiger partial charge in [0.15, 0.2) is 5.78 Å². The predicted octanol–water partition coefficient (Wildman–Crippen LogP) is 4.99. The number of rotatable bonds is 3. The maximum atomic E-state index is 13.2. The molecule has 0 saturated heterocycles. The number of carbonyl (C=O) groups is 1. The first-order valence-corrected chi connectivity index (χ1v) is 8.06. The molecule has 0 aromatic heterocycles. The second-order valence-corrected chi connectivity index (χ2v) is 6.13. The summed E-state index contributed by atoms with van der Waals surface area (Å²) in [5, 5.41) is 0. The molecule has 0 heterocycles. The Morgan fingerprint density at radius 2 is 1.35 bits per heavy atom. The number of Topliss-reactive ketones (excluding diaryl/α,β-unsaturated/α-hetero) is 1. The van der Waals surface area contributed by atoms with Crippen LogP contribution in [0.1, 0.15) is 38.9 Å². The largest absolute Gasteiger partial charge is 0.293 e. The maximum Gasteiger partial charge on any atom is 0.170 e. The van der Waals surface area contributed by atoms with Crippen molar-refractivity contribution < 1.29 is 4.79 Å². The fourth-order valence-corrected chi connectivity index (χ4v) is 3.71. The second kappa shape index (κ2) is 5.85. The number of benzene rings is 3. The summed E-state index contributed by atoms with van der Waals surface area (Å²) in [5.74, 6) is 0.363. The summed E-state index contributed by atoms with van der Waals surface area (Å²) in [6.45, 7) is 0. The van der Waals surface area contributed by atoms with Crippen molar-refractivity contribution in [3.63, 3.8) is 0 Å². The third kappa shape index (κ3) is 2.49. The third-order valence-corrected chi connectivity index (χ3v) is 4.80. The van der Waals surface area contributed by atoms with Gasteiger partial charge in [0, 0.05) is 11.5 Å². The Bertz CT molecular complexity index is 821. The lowest BCUT2D eigenvalue weighted by molar-refractivity contribution is 0.0951. The van der Waals surface area contributed by atoms with Gasteiger partial charge in [-0.2, -0.15) is 0 Å². The van der Waals surface area contributed by atoms with Crippen LogP contribution in [0.3, 0.4) is 0 Å². The molecule has 112 valence electrons. The molecule has 0 amide bonds. The molecule has 2 atom stereocenters. The molecule has 0 saturated carbocycles. The van der Waals surface area contributed by atoms with Gasteiger partial charge in [-0.25, -0.2) is 0 Å². The number of ketones is 1. The fraction of sp³-hybridized carbons (Fsp3) is 0.136. The second-order valence-electron chi connectivity index (χ2n) is 6.13. The molecule has 0 radical (unpaired) electrons. The van der Waals surface area contributed by atoms with E-state index in [0.29, 0.717) is 0 Å². The molecule has 0 fully saturated rings. The normalized spacial score (nSPS) is 19.3. The van der Waals surface area contributed by atoms with Gasteiger partial charge in [-0.3, -0.25) is 4.79 Å². The lowest BCUT2D eigenvalue weighted by Crippen LogP contribution is -2.17. The average Bonchev–Trinajstić information content (AvgIpc) is 3.02. The van der Waals surface area contributed by atoms with E-state index < -0.39 is 0 Å². The molecule has 23 heavy (non-hydrogen) atoms. The van der Waals surface area contributed by atoms with Gasteiger partial charge in [0.1, 0.15) is 0 Å². The summed E-state index contributed by atoms with van der Waals surface area (Å²) in [4.78, 5) is 13.2. The average molecular weight is 298 g/mol. The Labute approximate surface area is 136 Å². The molecular weight excluding hydrogens is 280 g/mol. The molecule has 0 spiro atoms. The van der Waals surface area contributed by atoms with E-state index in [-0.39, 0.29) is 17.6 Å². The van der Waals surface area contributed by atoms with E-state index in [2.05, 4.69) is 42.5 Å². The number of fused-ring (bicyclic) bond motifs is 1. The molecule has 2 unspecified atom stereocenters. The van der Waals surface area contributed by atoms with Gasteiger partial charge in [0.25, 0.3) is 0 Å². The summed E-state index contributed by atoms with van der Waals surface area (Å²) in [6, 6.07) is 28.5. The van der Waals surface area contributed by atoms with Crippen LogP contribution in [0.15, 0.2) is 84.9 Å². The van der Waals surface area contributed by atoms with Gasteiger partial charge in [-0.05, 0) is 23.1 Å². The van der Waals surface area contributed by atoms with Crippen LogP contribution in [0.4, 0.5) is 0 Å². The first kappa shape index (κ1) is 14.0. The van der Waals surface area contributed by atoms with Crippen LogP contribution in [0.2, 0.25) is 0 Å². The van der Waals surface area contributed by atoms with Crippen LogP contribution < -0.4 is 0 Å². The van der Waals surface area contributed by atoms with Gasteiger partial charge in [-0.1, -0.05) is 84.9 Å². The highest BCUT2D eigenvalue weighted by Crippen LogP contribution is 2.45. The quantitative estimate of drug-likeness (QED) is 0.622. The van der Waals surface area contributed by atoms with E-state index >= 15 is 0 Å². The summed E-state index contributed by atoms with van der Waals surface area (Å²) in [6.07, 6.45) is 0.934. The highest BCUT2D eigenvalue weighted by molar-refractivity contribution is 6.02. The highest BCUT2D eigenvalue weighted by atomic mass is 16.1. The van der Waals surface area contributed by atoms with Crippen LogP contribution in [0, 0.1) is 0 Å². The first-order chi connectivity index (χ1) is 11.3. The molecule has 4 rings (SSSR count). The Balaban J connectivity index is 1.80. The van der Waals surface area contributed by atoms with Crippen molar-refractivity contribution in [1.82, 2.24) is 0 Å². The first-order valence-electron chi connectivity index (χ1n) is 8.06. The molecule has 3 aromatic carbocycles. The highest BCUT2D eigenvalue weighted by Gasteiger charge is 2.38. The molecule has 1 heteroatoms. The standard InChI is InChI=1S/C22H18O/c23-22(17-11-5-2-6-12-17)21-19-14-8-7-13-18(19)15-20(21)16-9-3-1-4-10-16/h1-14,20-21H,15H2. The van der Waals surface area contributed by atoms with Crippen molar-refractivity contribution in [1.29, 1.82) is 0 Å². The van der Waals surface area contributed by atoms with E-state index in [9.17, 15) is 4.79 Å². The monoisotopic (exact) mass is 298 g/mol. The minimum absolute atomic E-state index is 0.0870. The molecule has 3 aromatic rings. The lowest BCUT2D eigenvalue weighted by Gasteiger charge is -2.20. The van der Waals surface area contributed by atoms with Crippen LogP contribution in [0.25, 0.3) is 0 Å². The summed E-state index contributed by atoms with van der Waals surface area (Å²) in [7, 11) is 0. The van der Waals surface area contributed by atoms with Gasteiger partial charge in [-0.15, -0.1) is 0 Å². The smallest absolute Gasteiger partial charge is 0.170 e. The van der Waals surface area contributed by atoms with E-state index in [0.717, 1.165) is 12.0 Å². The van der Waals surface area contributed by atoms with Crippen LogP contribution in [-0.2, 0) is 6.42 Å². The summed E-state index contributed by atoms with van der Waals surface area (Å²) < 4.78 is 0. The minimum Gasteiger partial charge on any atom is -0.293 e. The molecule has 0 bridgehead atoms. The van der Waals surface area contributed by atoms with E-state index in [1.807, 2.05) is 42.5 Å². The van der Waals surface area contributed by atoms with Crippen molar-refractivity contribution in [3.05, 3.63) is 107 Å². The molecule has 0 N–H and O–H groups in total. The third-order valence-electron chi connectivity index (χ3n) is 4.80. The predicted molar refractivity (Wildman–Crippen MR) is 92.8 cm³/mol. The number of hydrogen-bond acceptors (Lipinski definition) is 1. The zero-order valence-electron chi connectivity index (χ0n) is 12.9. The minimum atomic E-state index is -0.0870. The maximum absolute atomic E-state index is 13.2. The Kier molecular flexibility index (Phi) is 3.55. The van der Waals surface area contributed by atoms with Crippen LogP contribution in [0.5, 0.6) is 0 Å². The van der Waals surface area contributed by atoms with E-state index in [1.165, 1.54) is 16.7 Å². The van der Waals surface area contributed by atoms with Gasteiger partial charge < -0.3 is 0 Å². The van der Waals surface area contributed by atoms with Gasteiger partial charge in [0.05, 0.1) is 5.92 Å². The van der Waals surface area contributed by atoms with Crippen molar-refractivity contribution >= 4 is 5.78 Å². The Morgan fingerprint density at radius 3 is 2.09 bits per heavy atom. The lowest BCUT2D eigenvalue weighted by atomic mass is 9.81. The molecule has 1 aliphatic rings. The van der Waals surface area contributed by atoms with E-state index in [4.69, 9.17) is 0 Å². The van der Waals surface area contributed by atoms with Crippen LogP contribution in [-0.4, -0.2) is 5.78 Å². The van der Waals surface area contributed by atoms with E-state index in [1.54, 1.807) is 0 Å². The van der Waals surface area contributed by atoms with Crippen molar-refractivity contribution in [3.8, 4) is 0 Å². The Morgan fingerprint density at radius 1 is 0.739 bits per heavy atom. The zero-order valence-corrected chi connectivity index (χ0v) is 12.9. The molecule has 1 aliphatic carbocycles. The number of hydrogen-bond donors (Lipinski definition) is 0. The fourth-order valence-electron chi connectivity index (χ4n) is 3.71. The van der Waals surface area contributed by atoms with Crippen LogP contribution >= 0.6 is 0 Å². The molecule has 0 aliphatic heterocycles. The summed E-state index contributed by atoms with van der Waals surface area (Å²) in [5.41, 5.74) is 4.54. The summed E-state index contributed by atoms with van der Waals surface area (Å²) >= 11 is 0. The van der Waals surface area contributed by atoms with Crippen molar-refractivity contribution in [2.24, 2.45) is 0 Å². The topological polar surface area (TPSA) is 17.1 Å². The Hall–Kier alpha value is -2.67.